The number of β-amino-alcohol motifs (C(OH)–C–C–N with tert-alkyl or cyclic N) is 1. The highest BCUT2D eigenvalue weighted by Gasteiger charge is 2.45. The van der Waals surface area contributed by atoms with Crippen molar-refractivity contribution in [3.8, 4) is 0 Å². The van der Waals surface area contributed by atoms with Crippen LogP contribution >= 0.6 is 0 Å². The summed E-state index contributed by atoms with van der Waals surface area (Å²) in [5.41, 5.74) is 1.02. The lowest BCUT2D eigenvalue weighted by Crippen LogP contribution is -2.50. The zero-order chi connectivity index (χ0) is 23.8. The second-order valence-corrected chi connectivity index (χ2v) is 10.2. The molecule has 2 aliphatic rings. The van der Waals surface area contributed by atoms with Crippen LogP contribution in [0.4, 0.5) is 0 Å². The van der Waals surface area contributed by atoms with Gasteiger partial charge in [-0.25, -0.2) is 4.68 Å². The predicted octanol–water partition coefficient (Wildman–Crippen LogP) is 0.470. The molecular weight excluding hydrogens is 426 g/mol. The van der Waals surface area contributed by atoms with E-state index in [4.69, 9.17) is 0 Å². The molecule has 0 aromatic carbocycles. The number of aliphatic hydroxyl groups is 1. The fourth-order valence-corrected chi connectivity index (χ4v) is 4.44. The van der Waals surface area contributed by atoms with Crippen molar-refractivity contribution in [2.75, 3.05) is 13.1 Å². The number of aliphatic hydroxyl groups excluding tert-OH is 1. The van der Waals surface area contributed by atoms with Gasteiger partial charge in [0.15, 0.2) is 0 Å². The number of carbonyl (C=O) groups excluding carboxylic acids is 2. The molecule has 0 radical (unpaired) electrons. The number of aromatic nitrogens is 5. The lowest BCUT2D eigenvalue weighted by atomic mass is 9.85. The zero-order valence-electron chi connectivity index (χ0n) is 19.4. The Hall–Kier alpha value is -2.95. The molecule has 0 spiro atoms. The van der Waals surface area contributed by atoms with E-state index in [9.17, 15) is 19.5 Å². The van der Waals surface area contributed by atoms with Gasteiger partial charge in [-0.3, -0.25) is 19.5 Å². The number of aromatic amines is 2. The topological polar surface area (TPSA) is 149 Å². The minimum absolute atomic E-state index is 0.109. The van der Waals surface area contributed by atoms with Gasteiger partial charge in [0.1, 0.15) is 12.1 Å². The van der Waals surface area contributed by atoms with E-state index in [0.29, 0.717) is 25.3 Å². The molecule has 4 N–H and O–H groups in total. The molecule has 0 bridgehead atoms. The molecule has 1 aliphatic carbocycles. The molecule has 3 heterocycles. The van der Waals surface area contributed by atoms with E-state index in [1.54, 1.807) is 4.68 Å². The number of aryl methyl sites for hydroxylation is 1. The van der Waals surface area contributed by atoms with Gasteiger partial charge in [0, 0.05) is 43.4 Å². The highest BCUT2D eigenvalue weighted by molar-refractivity contribution is 5.90. The maximum absolute atomic E-state index is 13.7. The molecule has 33 heavy (non-hydrogen) atoms. The van der Waals surface area contributed by atoms with Crippen LogP contribution in [0, 0.1) is 5.41 Å². The number of H-pyrrole nitrogens is 2. The number of amides is 2. The molecule has 1 saturated heterocycles. The highest BCUT2D eigenvalue weighted by Crippen LogP contribution is 2.40. The molecule has 2 aromatic heterocycles. The van der Waals surface area contributed by atoms with Gasteiger partial charge in [-0.15, -0.1) is 5.10 Å². The van der Waals surface area contributed by atoms with Gasteiger partial charge in [-0.1, -0.05) is 26.0 Å². The molecule has 2 fully saturated rings. The summed E-state index contributed by atoms with van der Waals surface area (Å²) in [6.07, 6.45) is 4.71. The highest BCUT2D eigenvalue weighted by atomic mass is 16.3. The lowest BCUT2D eigenvalue weighted by Gasteiger charge is -2.34. The van der Waals surface area contributed by atoms with Crippen molar-refractivity contribution in [3.63, 3.8) is 0 Å². The van der Waals surface area contributed by atoms with E-state index < -0.39 is 23.6 Å². The SMILES string of the molecule is CC(C)(C)[C@@H](C(=O)N1C[C@H](O)C[C@H]1C(=O)NCCCc1cc(=O)[nH][nH]1)n1cc(C2CC2)nn1. The predicted molar refractivity (Wildman–Crippen MR) is 119 cm³/mol. The van der Waals surface area contributed by atoms with Gasteiger partial charge in [0.05, 0.1) is 11.8 Å². The van der Waals surface area contributed by atoms with Gasteiger partial charge in [0.25, 0.3) is 5.56 Å². The lowest BCUT2D eigenvalue weighted by molar-refractivity contribution is -0.144. The van der Waals surface area contributed by atoms with E-state index in [-0.39, 0.29) is 30.3 Å². The average molecular weight is 460 g/mol. The van der Waals surface area contributed by atoms with Gasteiger partial charge in [-0.05, 0) is 31.1 Å². The van der Waals surface area contributed by atoms with Crippen LogP contribution < -0.4 is 10.9 Å². The summed E-state index contributed by atoms with van der Waals surface area (Å²) in [5, 5.41) is 26.9. The Balaban J connectivity index is 1.42. The van der Waals surface area contributed by atoms with Crippen molar-refractivity contribution in [3.05, 3.63) is 34.0 Å². The third-order valence-corrected chi connectivity index (χ3v) is 6.28. The fourth-order valence-electron chi connectivity index (χ4n) is 4.44. The van der Waals surface area contributed by atoms with Crippen molar-refractivity contribution in [2.45, 2.75) is 77.0 Å². The third kappa shape index (κ3) is 5.35. The van der Waals surface area contributed by atoms with E-state index >= 15 is 0 Å². The molecular formula is C22H33N7O4. The van der Waals surface area contributed by atoms with Crippen LogP contribution in [0.15, 0.2) is 17.1 Å². The standard InChI is InChI=1S/C22H33N7O4/c1-22(2,3)19(29-12-16(25-27-29)13-6-7-13)21(33)28-11-15(30)10-17(28)20(32)23-8-4-5-14-9-18(31)26-24-14/h9,12-13,15,17,19,30H,4-8,10-11H2,1-3H3,(H,23,32)(H2,24,26,31)/t15-,17+,19-/m1/s1. The largest absolute Gasteiger partial charge is 0.391 e. The van der Waals surface area contributed by atoms with Gasteiger partial charge in [-0.2, -0.15) is 0 Å². The summed E-state index contributed by atoms with van der Waals surface area (Å²) >= 11 is 0. The molecule has 2 aromatic rings. The molecule has 180 valence electrons. The molecule has 3 atom stereocenters. The minimum atomic E-state index is -0.756. The first-order chi connectivity index (χ1) is 15.6. The Morgan fingerprint density at radius 1 is 1.30 bits per heavy atom. The molecule has 11 heteroatoms. The van der Waals surface area contributed by atoms with Crippen molar-refractivity contribution in [2.24, 2.45) is 5.41 Å². The van der Waals surface area contributed by atoms with E-state index in [0.717, 1.165) is 24.2 Å². The van der Waals surface area contributed by atoms with Crippen molar-refractivity contribution in [1.82, 2.24) is 35.4 Å². The Kier molecular flexibility index (Phi) is 6.42. The van der Waals surface area contributed by atoms with Crippen LogP contribution in [-0.4, -0.2) is 72.2 Å². The summed E-state index contributed by atoms with van der Waals surface area (Å²) in [6, 6.07) is 0.111. The van der Waals surface area contributed by atoms with E-state index in [2.05, 4.69) is 25.8 Å². The van der Waals surface area contributed by atoms with Crippen molar-refractivity contribution in [1.29, 1.82) is 0 Å². The fraction of sp³-hybridized carbons (Fsp3) is 0.682. The Morgan fingerprint density at radius 3 is 2.70 bits per heavy atom. The summed E-state index contributed by atoms with van der Waals surface area (Å²) in [4.78, 5) is 39.2. The quantitative estimate of drug-likeness (QED) is 0.422. The molecule has 4 rings (SSSR count). The number of likely N-dealkylation sites (tertiary alicyclic amines) is 1. The number of carbonyl (C=O) groups is 2. The smallest absolute Gasteiger partial charge is 0.264 e. The molecule has 1 saturated carbocycles. The maximum atomic E-state index is 13.7. The summed E-state index contributed by atoms with van der Waals surface area (Å²) in [5.74, 6) is -0.102. The number of rotatable bonds is 8. The average Bonchev–Trinajstić information content (AvgIpc) is 3.13. The number of hydrogen-bond donors (Lipinski definition) is 4. The monoisotopic (exact) mass is 459 g/mol. The number of hydrogen-bond acceptors (Lipinski definition) is 6. The van der Waals surface area contributed by atoms with Crippen LogP contribution in [0.3, 0.4) is 0 Å². The second kappa shape index (κ2) is 9.12. The Labute approximate surface area is 191 Å². The van der Waals surface area contributed by atoms with Crippen LogP contribution in [0.2, 0.25) is 0 Å². The zero-order valence-corrected chi connectivity index (χ0v) is 19.4. The molecule has 0 unspecified atom stereocenters. The summed E-state index contributed by atoms with van der Waals surface area (Å²) < 4.78 is 1.62. The van der Waals surface area contributed by atoms with Crippen molar-refractivity contribution < 1.29 is 14.7 Å². The Bertz CT molecular complexity index is 1050. The maximum Gasteiger partial charge on any atom is 0.264 e. The summed E-state index contributed by atoms with van der Waals surface area (Å²) in [7, 11) is 0. The van der Waals surface area contributed by atoms with E-state index in [1.807, 2.05) is 27.0 Å². The van der Waals surface area contributed by atoms with Crippen LogP contribution in [0.25, 0.3) is 0 Å². The van der Waals surface area contributed by atoms with Gasteiger partial charge >= 0.3 is 0 Å². The first-order valence-corrected chi connectivity index (χ1v) is 11.6. The third-order valence-electron chi connectivity index (χ3n) is 6.28. The molecule has 1 aliphatic heterocycles. The van der Waals surface area contributed by atoms with Gasteiger partial charge in [0.2, 0.25) is 11.8 Å². The minimum Gasteiger partial charge on any atom is -0.391 e. The first-order valence-electron chi connectivity index (χ1n) is 11.6. The van der Waals surface area contributed by atoms with E-state index in [1.165, 1.54) is 11.0 Å². The number of nitrogens with zero attached hydrogens (tertiary/aromatic N) is 4. The summed E-state index contributed by atoms with van der Waals surface area (Å²) in [6.45, 7) is 6.39. The second-order valence-electron chi connectivity index (χ2n) is 10.2. The Morgan fingerprint density at radius 2 is 2.06 bits per heavy atom. The number of nitrogens with one attached hydrogen (secondary N) is 3. The normalized spacial score (nSPS) is 21.9. The molecule has 11 nitrogen and oxygen atoms in total. The molecule has 2 amide bonds. The van der Waals surface area contributed by atoms with Crippen LogP contribution in [0.5, 0.6) is 0 Å². The van der Waals surface area contributed by atoms with Gasteiger partial charge < -0.3 is 20.4 Å². The van der Waals surface area contributed by atoms with Crippen LogP contribution in [-0.2, 0) is 16.0 Å². The first kappa shape index (κ1) is 23.2. The van der Waals surface area contributed by atoms with Crippen LogP contribution in [0.1, 0.15) is 69.8 Å². The van der Waals surface area contributed by atoms with Crippen molar-refractivity contribution >= 4 is 11.8 Å².